The molecule has 2 amide bonds. The number of anilines is 1. The molecule has 21 heavy (non-hydrogen) atoms. The lowest BCUT2D eigenvalue weighted by Crippen LogP contribution is -2.47. The number of piperidine rings is 1. The molecule has 1 aromatic carbocycles. The predicted octanol–water partition coefficient (Wildman–Crippen LogP) is 2.36. The van der Waals surface area contributed by atoms with Gasteiger partial charge in [0.1, 0.15) is 0 Å². The zero-order chi connectivity index (χ0) is 15.4. The summed E-state index contributed by atoms with van der Waals surface area (Å²) in [5.41, 5.74) is 0.570. The van der Waals surface area contributed by atoms with Gasteiger partial charge in [-0.3, -0.25) is 0 Å². The maximum Gasteiger partial charge on any atom is 0.335 e. The zero-order valence-electron chi connectivity index (χ0n) is 11.7. The van der Waals surface area contributed by atoms with E-state index in [-0.39, 0.29) is 17.6 Å². The topological polar surface area (TPSA) is 81.7 Å². The first kappa shape index (κ1) is 15.8. The third-order valence-corrected chi connectivity index (χ3v) is 3.82. The second-order valence-electron chi connectivity index (χ2n) is 5.23. The molecule has 0 aliphatic carbocycles. The first-order chi connectivity index (χ1) is 9.94. The van der Waals surface area contributed by atoms with Crippen LogP contribution in [0.2, 0.25) is 0 Å². The molecule has 1 saturated heterocycles. The molecule has 1 aliphatic heterocycles. The summed E-state index contributed by atoms with van der Waals surface area (Å²) in [5, 5.41) is 14.6. The molecule has 0 bridgehead atoms. The van der Waals surface area contributed by atoms with Gasteiger partial charge in [0.2, 0.25) is 0 Å². The van der Waals surface area contributed by atoms with Crippen LogP contribution in [0.25, 0.3) is 0 Å². The zero-order valence-corrected chi connectivity index (χ0v) is 13.3. The minimum absolute atomic E-state index is 0.120. The van der Waals surface area contributed by atoms with Gasteiger partial charge in [0, 0.05) is 22.7 Å². The van der Waals surface area contributed by atoms with Crippen molar-refractivity contribution in [3.8, 4) is 0 Å². The lowest BCUT2D eigenvalue weighted by Gasteiger charge is -2.30. The number of carbonyl (C=O) groups is 2. The monoisotopic (exact) mass is 355 g/mol. The van der Waals surface area contributed by atoms with Crippen molar-refractivity contribution < 1.29 is 14.7 Å². The quantitative estimate of drug-likeness (QED) is 0.777. The van der Waals surface area contributed by atoms with Crippen molar-refractivity contribution in [2.75, 3.05) is 25.5 Å². The van der Waals surface area contributed by atoms with E-state index in [1.807, 2.05) is 7.05 Å². The number of benzene rings is 1. The molecule has 1 heterocycles. The summed E-state index contributed by atoms with van der Waals surface area (Å²) in [5.74, 6) is -1.03. The fourth-order valence-electron chi connectivity index (χ4n) is 2.42. The Balaban J connectivity index is 1.97. The first-order valence-corrected chi connectivity index (χ1v) is 7.53. The molecule has 1 unspecified atom stereocenters. The summed E-state index contributed by atoms with van der Waals surface area (Å²) in [7, 11) is 2.03. The molecule has 6 nitrogen and oxygen atoms in total. The molecule has 7 heteroatoms. The van der Waals surface area contributed by atoms with E-state index in [0.717, 1.165) is 25.9 Å². The number of carbonyl (C=O) groups excluding carboxylic acids is 1. The number of halogens is 1. The Morgan fingerprint density at radius 1 is 1.38 bits per heavy atom. The summed E-state index contributed by atoms with van der Waals surface area (Å²) in [6, 6.07) is 4.39. The lowest BCUT2D eigenvalue weighted by atomic mass is 10.1. The number of carboxylic acid groups (broad SMARTS) is 1. The van der Waals surface area contributed by atoms with Gasteiger partial charge in [-0.25, -0.2) is 9.59 Å². The van der Waals surface area contributed by atoms with E-state index in [9.17, 15) is 9.59 Å². The number of aromatic carboxylic acids is 1. The Morgan fingerprint density at radius 2 is 2.14 bits per heavy atom. The van der Waals surface area contributed by atoms with E-state index in [1.165, 1.54) is 12.1 Å². The van der Waals surface area contributed by atoms with Gasteiger partial charge in [-0.05, 0) is 44.6 Å². The highest BCUT2D eigenvalue weighted by Crippen LogP contribution is 2.20. The summed E-state index contributed by atoms with van der Waals surface area (Å²) >= 11 is 3.24. The third kappa shape index (κ3) is 4.71. The van der Waals surface area contributed by atoms with E-state index in [4.69, 9.17) is 5.11 Å². The lowest BCUT2D eigenvalue weighted by molar-refractivity contribution is 0.0697. The number of likely N-dealkylation sites (N-methyl/N-ethyl adjacent to an activating group) is 1. The van der Waals surface area contributed by atoms with Crippen LogP contribution < -0.4 is 10.6 Å². The fraction of sp³-hybridized carbons (Fsp3) is 0.429. The van der Waals surface area contributed by atoms with Crippen LogP contribution in [0.3, 0.4) is 0 Å². The molecule has 2 rings (SSSR count). The number of likely N-dealkylation sites (tertiary alicyclic amines) is 1. The van der Waals surface area contributed by atoms with Crippen LogP contribution in [0.1, 0.15) is 23.2 Å². The van der Waals surface area contributed by atoms with E-state index >= 15 is 0 Å². The first-order valence-electron chi connectivity index (χ1n) is 6.74. The van der Waals surface area contributed by atoms with Crippen LogP contribution in [0.4, 0.5) is 10.5 Å². The van der Waals surface area contributed by atoms with Gasteiger partial charge in [-0.2, -0.15) is 0 Å². The van der Waals surface area contributed by atoms with Crippen LogP contribution in [0.5, 0.6) is 0 Å². The molecule has 3 N–H and O–H groups in total. The number of hydrogen-bond acceptors (Lipinski definition) is 3. The van der Waals surface area contributed by atoms with Crippen molar-refractivity contribution in [2.24, 2.45) is 0 Å². The smallest absolute Gasteiger partial charge is 0.335 e. The van der Waals surface area contributed by atoms with Crippen molar-refractivity contribution in [2.45, 2.75) is 18.9 Å². The summed E-state index contributed by atoms with van der Waals surface area (Å²) < 4.78 is 0.607. The Kier molecular flexibility index (Phi) is 5.19. The molecule has 1 aromatic rings. The largest absolute Gasteiger partial charge is 0.478 e. The van der Waals surface area contributed by atoms with E-state index in [0.29, 0.717) is 10.2 Å². The van der Waals surface area contributed by atoms with Crippen LogP contribution in [0, 0.1) is 0 Å². The van der Waals surface area contributed by atoms with Crippen molar-refractivity contribution in [1.29, 1.82) is 0 Å². The maximum absolute atomic E-state index is 12.0. The fourth-order valence-corrected chi connectivity index (χ4v) is 2.92. The second kappa shape index (κ2) is 6.91. The van der Waals surface area contributed by atoms with E-state index in [1.54, 1.807) is 6.07 Å². The van der Waals surface area contributed by atoms with Crippen LogP contribution in [-0.4, -0.2) is 48.2 Å². The maximum atomic E-state index is 12.0. The molecular weight excluding hydrogens is 338 g/mol. The molecular formula is C14H18BrN3O3. The number of nitrogens with zero attached hydrogens (tertiary/aromatic N) is 1. The van der Waals surface area contributed by atoms with Gasteiger partial charge in [0.25, 0.3) is 0 Å². The van der Waals surface area contributed by atoms with E-state index in [2.05, 4.69) is 31.5 Å². The van der Waals surface area contributed by atoms with Crippen LogP contribution in [0.15, 0.2) is 22.7 Å². The molecule has 0 radical (unpaired) electrons. The Labute approximate surface area is 131 Å². The van der Waals surface area contributed by atoms with Crippen molar-refractivity contribution in [3.05, 3.63) is 28.2 Å². The minimum Gasteiger partial charge on any atom is -0.478 e. The summed E-state index contributed by atoms with van der Waals surface area (Å²) in [6.07, 6.45) is 2.01. The second-order valence-corrected chi connectivity index (χ2v) is 6.15. The SMILES string of the molecule is CN1CCCC(NC(=O)Nc2cc(Br)cc(C(=O)O)c2)C1. The normalized spacial score (nSPS) is 19.0. The Bertz CT molecular complexity index is 550. The van der Waals surface area contributed by atoms with Gasteiger partial charge in [-0.1, -0.05) is 15.9 Å². The number of nitrogens with one attached hydrogen (secondary N) is 2. The van der Waals surface area contributed by atoms with Gasteiger partial charge >= 0.3 is 12.0 Å². The standard InChI is InChI=1S/C14H18BrN3O3/c1-18-4-2-3-11(8-18)16-14(21)17-12-6-9(13(19)20)5-10(15)7-12/h5-7,11H,2-4,8H2,1H3,(H,19,20)(H2,16,17,21). The van der Waals surface area contributed by atoms with Crippen LogP contribution >= 0.6 is 15.9 Å². The predicted molar refractivity (Wildman–Crippen MR) is 83.8 cm³/mol. The highest BCUT2D eigenvalue weighted by molar-refractivity contribution is 9.10. The number of carboxylic acids is 1. The number of hydrogen-bond donors (Lipinski definition) is 3. The summed E-state index contributed by atoms with van der Waals surface area (Å²) in [6.45, 7) is 1.87. The Hall–Kier alpha value is -1.60. The van der Waals surface area contributed by atoms with Crippen LogP contribution in [-0.2, 0) is 0 Å². The highest BCUT2D eigenvalue weighted by Gasteiger charge is 2.19. The van der Waals surface area contributed by atoms with Gasteiger partial charge in [0.15, 0.2) is 0 Å². The van der Waals surface area contributed by atoms with Crippen molar-refractivity contribution in [3.63, 3.8) is 0 Å². The van der Waals surface area contributed by atoms with Gasteiger partial charge in [-0.15, -0.1) is 0 Å². The van der Waals surface area contributed by atoms with E-state index < -0.39 is 5.97 Å². The van der Waals surface area contributed by atoms with Crippen molar-refractivity contribution >= 4 is 33.6 Å². The molecule has 1 fully saturated rings. The number of rotatable bonds is 3. The van der Waals surface area contributed by atoms with Gasteiger partial charge in [0.05, 0.1) is 5.56 Å². The highest BCUT2D eigenvalue weighted by atomic mass is 79.9. The molecule has 114 valence electrons. The number of urea groups is 1. The number of amides is 2. The average Bonchev–Trinajstić information content (AvgIpc) is 2.37. The molecule has 1 atom stereocenters. The third-order valence-electron chi connectivity index (χ3n) is 3.36. The molecule has 0 aromatic heterocycles. The van der Waals surface area contributed by atoms with Gasteiger partial charge < -0.3 is 20.6 Å². The molecule has 0 spiro atoms. The molecule has 0 saturated carbocycles. The molecule has 1 aliphatic rings. The summed E-state index contributed by atoms with van der Waals surface area (Å²) in [4.78, 5) is 25.1. The average molecular weight is 356 g/mol. The minimum atomic E-state index is -1.03. The Morgan fingerprint density at radius 3 is 2.81 bits per heavy atom. The van der Waals surface area contributed by atoms with Crippen molar-refractivity contribution in [1.82, 2.24) is 10.2 Å².